The Morgan fingerprint density at radius 3 is 2.11 bits per heavy atom. The summed E-state index contributed by atoms with van der Waals surface area (Å²) in [7, 11) is 0. The van der Waals surface area contributed by atoms with Crippen molar-refractivity contribution in [1.82, 2.24) is 5.32 Å². The first-order chi connectivity index (χ1) is 13.5. The Morgan fingerprint density at radius 1 is 0.750 bits per heavy atom. The highest BCUT2D eigenvalue weighted by atomic mass is 16.2. The molecule has 3 rings (SSSR count). The van der Waals surface area contributed by atoms with Crippen LogP contribution in [0.4, 0.5) is 11.4 Å². The molecule has 28 heavy (non-hydrogen) atoms. The van der Waals surface area contributed by atoms with E-state index in [1.807, 2.05) is 42.5 Å². The van der Waals surface area contributed by atoms with E-state index in [9.17, 15) is 14.4 Å². The zero-order valence-electron chi connectivity index (χ0n) is 15.5. The molecule has 0 radical (unpaired) electrons. The monoisotopic (exact) mass is 375 g/mol. The molecule has 0 spiro atoms. The summed E-state index contributed by atoms with van der Waals surface area (Å²) in [6.45, 7) is 1.31. The summed E-state index contributed by atoms with van der Waals surface area (Å²) in [4.78, 5) is 35.3. The van der Waals surface area contributed by atoms with Gasteiger partial charge in [-0.15, -0.1) is 0 Å². The van der Waals surface area contributed by atoms with Crippen LogP contribution in [-0.4, -0.2) is 24.3 Å². The molecule has 3 amide bonds. The van der Waals surface area contributed by atoms with Crippen LogP contribution in [0.2, 0.25) is 0 Å². The predicted molar refractivity (Wildman–Crippen MR) is 110 cm³/mol. The van der Waals surface area contributed by atoms with E-state index in [1.165, 1.54) is 6.92 Å². The standard InChI is InChI=1S/C22H21N3O3/c1-15(26)24-18-9-11-19(12-10-18)25-22(28)14-23-21(27)13-17-7-4-6-16-5-2-3-8-20(16)17/h2-12H,13-14H2,1H3,(H,23,27)(H,24,26)(H,25,28). The van der Waals surface area contributed by atoms with E-state index < -0.39 is 0 Å². The van der Waals surface area contributed by atoms with Crippen LogP contribution in [0.5, 0.6) is 0 Å². The molecular weight excluding hydrogens is 354 g/mol. The summed E-state index contributed by atoms with van der Waals surface area (Å²) in [5.41, 5.74) is 2.15. The van der Waals surface area contributed by atoms with Gasteiger partial charge < -0.3 is 16.0 Å². The Bertz CT molecular complexity index is 1010. The van der Waals surface area contributed by atoms with Gasteiger partial charge in [0.2, 0.25) is 17.7 Å². The molecule has 3 aromatic carbocycles. The minimum Gasteiger partial charge on any atom is -0.347 e. The SMILES string of the molecule is CC(=O)Nc1ccc(NC(=O)CNC(=O)Cc2cccc3ccccc23)cc1. The second-order valence-corrected chi connectivity index (χ2v) is 6.40. The maximum atomic E-state index is 12.2. The average molecular weight is 375 g/mol. The van der Waals surface area contributed by atoms with Crippen molar-refractivity contribution in [3.63, 3.8) is 0 Å². The van der Waals surface area contributed by atoms with Gasteiger partial charge >= 0.3 is 0 Å². The lowest BCUT2D eigenvalue weighted by Crippen LogP contribution is -2.33. The van der Waals surface area contributed by atoms with Crippen LogP contribution < -0.4 is 16.0 Å². The second kappa shape index (κ2) is 8.81. The molecule has 0 aliphatic heterocycles. The van der Waals surface area contributed by atoms with Gasteiger partial charge in [0.05, 0.1) is 13.0 Å². The maximum Gasteiger partial charge on any atom is 0.243 e. The van der Waals surface area contributed by atoms with Gasteiger partial charge in [0.25, 0.3) is 0 Å². The lowest BCUT2D eigenvalue weighted by Gasteiger charge is -2.09. The average Bonchev–Trinajstić information content (AvgIpc) is 2.68. The third-order valence-corrected chi connectivity index (χ3v) is 4.17. The lowest BCUT2D eigenvalue weighted by atomic mass is 10.0. The summed E-state index contributed by atoms with van der Waals surface area (Å²) in [5, 5.41) is 10.1. The number of carbonyl (C=O) groups excluding carboxylic acids is 3. The van der Waals surface area contributed by atoms with E-state index in [1.54, 1.807) is 24.3 Å². The van der Waals surface area contributed by atoms with Crippen LogP contribution >= 0.6 is 0 Å². The molecule has 6 nitrogen and oxygen atoms in total. The van der Waals surface area contributed by atoms with E-state index in [0.29, 0.717) is 11.4 Å². The van der Waals surface area contributed by atoms with Gasteiger partial charge in [0.1, 0.15) is 0 Å². The number of nitrogens with one attached hydrogen (secondary N) is 3. The number of amides is 3. The Hall–Kier alpha value is -3.67. The van der Waals surface area contributed by atoms with E-state index in [0.717, 1.165) is 16.3 Å². The Morgan fingerprint density at radius 2 is 1.39 bits per heavy atom. The third-order valence-electron chi connectivity index (χ3n) is 4.17. The molecule has 0 saturated heterocycles. The van der Waals surface area contributed by atoms with Crippen LogP contribution in [0.25, 0.3) is 10.8 Å². The molecule has 0 aliphatic rings. The topological polar surface area (TPSA) is 87.3 Å². The van der Waals surface area contributed by atoms with Crippen LogP contribution in [-0.2, 0) is 20.8 Å². The van der Waals surface area contributed by atoms with Crippen molar-refractivity contribution in [3.05, 3.63) is 72.3 Å². The summed E-state index contributed by atoms with van der Waals surface area (Å²) >= 11 is 0. The molecule has 0 bridgehead atoms. The first-order valence-corrected chi connectivity index (χ1v) is 8.92. The molecule has 0 aliphatic carbocycles. The first-order valence-electron chi connectivity index (χ1n) is 8.92. The van der Waals surface area contributed by atoms with Gasteiger partial charge in [-0.3, -0.25) is 14.4 Å². The number of benzene rings is 3. The summed E-state index contributed by atoms with van der Waals surface area (Å²) in [6.07, 6.45) is 0.208. The largest absolute Gasteiger partial charge is 0.347 e. The van der Waals surface area contributed by atoms with E-state index in [-0.39, 0.29) is 30.7 Å². The highest BCUT2D eigenvalue weighted by molar-refractivity contribution is 5.96. The number of carbonyl (C=O) groups is 3. The Balaban J connectivity index is 1.51. The zero-order valence-corrected chi connectivity index (χ0v) is 15.5. The maximum absolute atomic E-state index is 12.2. The molecule has 0 saturated carbocycles. The van der Waals surface area contributed by atoms with Crippen molar-refractivity contribution in [2.45, 2.75) is 13.3 Å². The van der Waals surface area contributed by atoms with Crippen LogP contribution in [0.15, 0.2) is 66.7 Å². The van der Waals surface area contributed by atoms with Crippen molar-refractivity contribution in [2.75, 3.05) is 17.2 Å². The molecule has 3 aromatic rings. The first kappa shape index (κ1) is 19.1. The van der Waals surface area contributed by atoms with Crippen molar-refractivity contribution in [1.29, 1.82) is 0 Å². The van der Waals surface area contributed by atoms with Gasteiger partial charge in [-0.2, -0.15) is 0 Å². The summed E-state index contributed by atoms with van der Waals surface area (Å²) in [6, 6.07) is 20.5. The predicted octanol–water partition coefficient (Wildman–Crippen LogP) is 3.10. The van der Waals surface area contributed by atoms with Crippen LogP contribution in [0.3, 0.4) is 0 Å². The fraction of sp³-hybridized carbons (Fsp3) is 0.136. The number of rotatable bonds is 6. The lowest BCUT2D eigenvalue weighted by molar-refractivity contribution is -0.123. The third kappa shape index (κ3) is 5.17. The van der Waals surface area contributed by atoms with Gasteiger partial charge in [-0.25, -0.2) is 0 Å². The van der Waals surface area contributed by atoms with Gasteiger partial charge in [-0.1, -0.05) is 42.5 Å². The summed E-state index contributed by atoms with van der Waals surface area (Å²) < 4.78 is 0. The van der Waals surface area contributed by atoms with E-state index in [4.69, 9.17) is 0 Å². The van der Waals surface area contributed by atoms with E-state index in [2.05, 4.69) is 16.0 Å². The number of fused-ring (bicyclic) bond motifs is 1. The van der Waals surface area contributed by atoms with Gasteiger partial charge in [-0.05, 0) is 40.6 Å². The smallest absolute Gasteiger partial charge is 0.243 e. The van der Waals surface area contributed by atoms with E-state index >= 15 is 0 Å². The molecular formula is C22H21N3O3. The van der Waals surface area contributed by atoms with Crippen molar-refractivity contribution in [2.24, 2.45) is 0 Å². The molecule has 0 atom stereocenters. The Kier molecular flexibility index (Phi) is 6.01. The summed E-state index contributed by atoms with van der Waals surface area (Å²) in [5.74, 6) is -0.697. The molecule has 142 valence electrons. The normalized spacial score (nSPS) is 10.3. The quantitative estimate of drug-likeness (QED) is 0.619. The van der Waals surface area contributed by atoms with Crippen molar-refractivity contribution in [3.8, 4) is 0 Å². The van der Waals surface area contributed by atoms with Gasteiger partial charge in [0, 0.05) is 18.3 Å². The minimum absolute atomic E-state index is 0.114. The molecule has 0 unspecified atom stereocenters. The van der Waals surface area contributed by atoms with Crippen LogP contribution in [0.1, 0.15) is 12.5 Å². The number of anilines is 2. The van der Waals surface area contributed by atoms with Crippen LogP contribution in [0, 0.1) is 0 Å². The second-order valence-electron chi connectivity index (χ2n) is 6.40. The molecule has 0 fully saturated rings. The number of hydrogen-bond donors (Lipinski definition) is 3. The highest BCUT2D eigenvalue weighted by Gasteiger charge is 2.09. The minimum atomic E-state index is -0.321. The van der Waals surface area contributed by atoms with Gasteiger partial charge in [0.15, 0.2) is 0 Å². The number of hydrogen-bond acceptors (Lipinski definition) is 3. The van der Waals surface area contributed by atoms with Crippen molar-refractivity contribution >= 4 is 39.9 Å². The molecule has 6 heteroatoms. The highest BCUT2D eigenvalue weighted by Crippen LogP contribution is 2.18. The Labute approximate surface area is 162 Å². The molecule has 3 N–H and O–H groups in total. The fourth-order valence-electron chi connectivity index (χ4n) is 2.91. The molecule has 0 heterocycles. The zero-order chi connectivity index (χ0) is 19.9. The fourth-order valence-corrected chi connectivity index (χ4v) is 2.91. The molecule has 0 aromatic heterocycles. The van der Waals surface area contributed by atoms with Crippen molar-refractivity contribution < 1.29 is 14.4 Å².